The van der Waals surface area contributed by atoms with Crippen LogP contribution in [0, 0.1) is 6.92 Å². The molecule has 0 unspecified atom stereocenters. The number of piperidine rings is 1. The number of aromatic amines is 1. The molecule has 1 aromatic carbocycles. The van der Waals surface area contributed by atoms with Crippen LogP contribution in [0.5, 0.6) is 0 Å². The molecule has 0 radical (unpaired) electrons. The van der Waals surface area contributed by atoms with Crippen LogP contribution < -0.4 is 0 Å². The summed E-state index contributed by atoms with van der Waals surface area (Å²) in [6.07, 6.45) is 7.65. The monoisotopic (exact) mass is 357 g/mol. The number of carbonyl (C=O) groups is 1. The van der Waals surface area contributed by atoms with Crippen molar-refractivity contribution in [1.29, 1.82) is 0 Å². The average molecular weight is 358 g/mol. The normalized spacial score (nSPS) is 18.0. The molecule has 6 heteroatoms. The Hall–Kier alpha value is -2.27. The summed E-state index contributed by atoms with van der Waals surface area (Å²) in [4.78, 5) is 22.2. The first kappa shape index (κ1) is 16.2. The zero-order valence-corrected chi connectivity index (χ0v) is 14.8. The third-order valence-corrected chi connectivity index (χ3v) is 5.36. The lowest BCUT2D eigenvalue weighted by molar-refractivity contribution is -0.131. The minimum Gasteiger partial charge on any atom is -0.464 e. The van der Waals surface area contributed by atoms with Gasteiger partial charge >= 0.3 is 0 Å². The van der Waals surface area contributed by atoms with Gasteiger partial charge in [0.25, 0.3) is 0 Å². The van der Waals surface area contributed by atoms with Gasteiger partial charge in [-0.05, 0) is 37.5 Å². The molecule has 1 atom stereocenters. The van der Waals surface area contributed by atoms with Gasteiger partial charge in [-0.3, -0.25) is 4.79 Å². The number of imidazole rings is 1. The minimum absolute atomic E-state index is 0.121. The van der Waals surface area contributed by atoms with Gasteiger partial charge in [0.2, 0.25) is 5.91 Å². The van der Waals surface area contributed by atoms with E-state index >= 15 is 0 Å². The number of likely N-dealkylation sites (tertiary alicyclic amines) is 1. The molecule has 5 nitrogen and oxygen atoms in total. The third-order valence-electron chi connectivity index (χ3n) is 4.96. The number of H-pyrrole nitrogens is 1. The molecule has 0 bridgehead atoms. The fourth-order valence-corrected chi connectivity index (χ4v) is 3.70. The fourth-order valence-electron chi connectivity index (χ4n) is 3.54. The van der Waals surface area contributed by atoms with Gasteiger partial charge in [0.1, 0.15) is 11.4 Å². The maximum absolute atomic E-state index is 12.8. The molecule has 3 heterocycles. The second-order valence-corrected chi connectivity index (χ2v) is 7.10. The van der Waals surface area contributed by atoms with Crippen molar-refractivity contribution in [2.45, 2.75) is 32.1 Å². The number of benzene rings is 1. The molecule has 1 aliphatic rings. The Kier molecular flexibility index (Phi) is 4.25. The van der Waals surface area contributed by atoms with Crippen LogP contribution >= 0.6 is 11.6 Å². The maximum Gasteiger partial charge on any atom is 0.227 e. The van der Waals surface area contributed by atoms with E-state index in [1.807, 2.05) is 30.2 Å². The molecule has 0 saturated carbocycles. The van der Waals surface area contributed by atoms with E-state index in [1.54, 1.807) is 12.5 Å². The molecule has 2 aromatic heterocycles. The number of halogens is 1. The van der Waals surface area contributed by atoms with Gasteiger partial charge in [0, 0.05) is 47.4 Å². The predicted octanol–water partition coefficient (Wildman–Crippen LogP) is 4.07. The highest BCUT2D eigenvalue weighted by Gasteiger charge is 2.26. The molecule has 1 fully saturated rings. The lowest BCUT2D eigenvalue weighted by Gasteiger charge is -2.31. The van der Waals surface area contributed by atoms with E-state index < -0.39 is 0 Å². The number of amides is 1. The minimum atomic E-state index is 0.121. The lowest BCUT2D eigenvalue weighted by Crippen LogP contribution is -2.40. The molecule has 25 heavy (non-hydrogen) atoms. The quantitative estimate of drug-likeness (QED) is 0.768. The van der Waals surface area contributed by atoms with Gasteiger partial charge in [0.15, 0.2) is 0 Å². The Morgan fingerprint density at radius 1 is 1.48 bits per heavy atom. The molecule has 1 amide bonds. The first-order valence-electron chi connectivity index (χ1n) is 8.55. The first-order chi connectivity index (χ1) is 12.1. The van der Waals surface area contributed by atoms with Crippen LogP contribution in [0.25, 0.3) is 11.0 Å². The SMILES string of the molecule is Cc1cc2occ(CC(=O)N3CCC[C@@H](c4ncc[nH]4)C3)c2cc1Cl. The summed E-state index contributed by atoms with van der Waals surface area (Å²) in [7, 11) is 0. The summed E-state index contributed by atoms with van der Waals surface area (Å²) < 4.78 is 5.61. The van der Waals surface area contributed by atoms with Crippen LogP contribution in [0.4, 0.5) is 0 Å². The molecular weight excluding hydrogens is 338 g/mol. The number of fused-ring (bicyclic) bond motifs is 1. The predicted molar refractivity (Wildman–Crippen MR) is 96.8 cm³/mol. The van der Waals surface area contributed by atoms with Crippen molar-refractivity contribution >= 4 is 28.5 Å². The molecule has 0 aliphatic carbocycles. The van der Waals surface area contributed by atoms with Crippen LogP contribution in [-0.2, 0) is 11.2 Å². The number of hydrogen-bond donors (Lipinski definition) is 1. The second kappa shape index (κ2) is 6.56. The highest BCUT2D eigenvalue weighted by Crippen LogP contribution is 2.29. The molecule has 1 saturated heterocycles. The van der Waals surface area contributed by atoms with E-state index in [4.69, 9.17) is 16.0 Å². The molecular formula is C19H20ClN3O2. The van der Waals surface area contributed by atoms with Crippen molar-refractivity contribution in [3.8, 4) is 0 Å². The van der Waals surface area contributed by atoms with E-state index in [1.165, 1.54) is 0 Å². The van der Waals surface area contributed by atoms with Crippen LogP contribution in [0.15, 0.2) is 35.2 Å². The van der Waals surface area contributed by atoms with Gasteiger partial charge in [-0.15, -0.1) is 0 Å². The molecule has 1 aliphatic heterocycles. The number of nitrogens with zero attached hydrogens (tertiary/aromatic N) is 2. The van der Waals surface area contributed by atoms with Gasteiger partial charge in [0.05, 0.1) is 12.7 Å². The van der Waals surface area contributed by atoms with Gasteiger partial charge in [-0.1, -0.05) is 11.6 Å². The maximum atomic E-state index is 12.8. The van der Waals surface area contributed by atoms with E-state index in [2.05, 4.69) is 9.97 Å². The van der Waals surface area contributed by atoms with Gasteiger partial charge in [-0.25, -0.2) is 4.98 Å². The summed E-state index contributed by atoms with van der Waals surface area (Å²) in [5, 5.41) is 1.61. The van der Waals surface area contributed by atoms with Crippen molar-refractivity contribution in [2.24, 2.45) is 0 Å². The summed E-state index contributed by atoms with van der Waals surface area (Å²) >= 11 is 6.23. The zero-order chi connectivity index (χ0) is 17.4. The van der Waals surface area contributed by atoms with Gasteiger partial charge in [-0.2, -0.15) is 0 Å². The second-order valence-electron chi connectivity index (χ2n) is 6.69. The molecule has 3 aromatic rings. The van der Waals surface area contributed by atoms with Crippen LogP contribution in [0.3, 0.4) is 0 Å². The number of aromatic nitrogens is 2. The Labute approximate surface area is 151 Å². The standard InChI is InChI=1S/C19H20ClN3O2/c1-12-7-17-15(9-16(12)20)14(11-25-17)8-18(24)23-6-2-3-13(10-23)19-21-4-5-22-19/h4-5,7,9,11,13H,2-3,6,8,10H2,1H3,(H,21,22)/t13-/m1/s1. The molecule has 4 rings (SSSR count). The number of nitrogens with one attached hydrogen (secondary N) is 1. The lowest BCUT2D eigenvalue weighted by atomic mass is 9.96. The number of rotatable bonds is 3. The highest BCUT2D eigenvalue weighted by molar-refractivity contribution is 6.32. The largest absolute Gasteiger partial charge is 0.464 e. The van der Waals surface area contributed by atoms with Crippen molar-refractivity contribution in [2.75, 3.05) is 13.1 Å². The van der Waals surface area contributed by atoms with Crippen LogP contribution in [-0.4, -0.2) is 33.9 Å². The van der Waals surface area contributed by atoms with E-state index in [9.17, 15) is 4.79 Å². The van der Waals surface area contributed by atoms with Crippen LogP contribution in [0.1, 0.15) is 35.7 Å². The van der Waals surface area contributed by atoms with E-state index in [-0.39, 0.29) is 11.8 Å². The van der Waals surface area contributed by atoms with E-state index in [0.29, 0.717) is 18.0 Å². The number of carbonyl (C=O) groups excluding carboxylic acids is 1. The van der Waals surface area contributed by atoms with Crippen molar-refractivity contribution in [1.82, 2.24) is 14.9 Å². The third kappa shape index (κ3) is 3.16. The van der Waals surface area contributed by atoms with E-state index in [0.717, 1.165) is 47.3 Å². The number of furan rings is 1. The fraction of sp³-hybridized carbons (Fsp3) is 0.368. The Balaban J connectivity index is 1.51. The smallest absolute Gasteiger partial charge is 0.227 e. The summed E-state index contributed by atoms with van der Waals surface area (Å²) in [6, 6.07) is 3.81. The molecule has 130 valence electrons. The first-order valence-corrected chi connectivity index (χ1v) is 8.93. The Bertz CT molecular complexity index is 901. The summed E-state index contributed by atoms with van der Waals surface area (Å²) in [6.45, 7) is 3.45. The average Bonchev–Trinajstić information content (AvgIpc) is 3.27. The number of hydrogen-bond acceptors (Lipinski definition) is 3. The Morgan fingerprint density at radius 2 is 2.36 bits per heavy atom. The van der Waals surface area contributed by atoms with Crippen LogP contribution in [0.2, 0.25) is 5.02 Å². The van der Waals surface area contributed by atoms with Crippen molar-refractivity contribution < 1.29 is 9.21 Å². The topological polar surface area (TPSA) is 62.1 Å². The Morgan fingerprint density at radius 3 is 3.16 bits per heavy atom. The summed E-state index contributed by atoms with van der Waals surface area (Å²) in [5.41, 5.74) is 2.64. The molecule has 1 N–H and O–H groups in total. The zero-order valence-electron chi connectivity index (χ0n) is 14.1. The highest BCUT2D eigenvalue weighted by atomic mass is 35.5. The molecule has 0 spiro atoms. The van der Waals surface area contributed by atoms with Gasteiger partial charge < -0.3 is 14.3 Å². The summed E-state index contributed by atoms with van der Waals surface area (Å²) in [5.74, 6) is 1.37. The van der Waals surface area contributed by atoms with Crippen molar-refractivity contribution in [3.63, 3.8) is 0 Å². The van der Waals surface area contributed by atoms with Crippen molar-refractivity contribution in [3.05, 3.63) is 52.8 Å². The number of aryl methyl sites for hydroxylation is 1.